The number of nitrogen functional groups attached to an aromatic ring is 3. The number of nitrogens with zero attached hydrogens (tertiary/aromatic N) is 6. The van der Waals surface area contributed by atoms with Crippen LogP contribution in [0.5, 0.6) is 5.75 Å². The summed E-state index contributed by atoms with van der Waals surface area (Å²) in [6.45, 7) is 11.6. The van der Waals surface area contributed by atoms with Gasteiger partial charge < -0.3 is 69.9 Å². The number of hydrogen-bond acceptors (Lipinski definition) is 21. The molecule has 18 N–H and O–H groups in total. The molecule has 0 aliphatic rings. The smallest absolute Gasteiger partial charge is 0.459 e. The topological polar surface area (TPSA) is 373 Å². The zero-order valence-corrected chi connectivity index (χ0v) is 48.6. The average molecular weight is 1210 g/mol. The Morgan fingerprint density at radius 2 is 1.08 bits per heavy atom. The molecule has 6 aromatic carbocycles. The first-order valence-corrected chi connectivity index (χ1v) is 26.2. The predicted molar refractivity (Wildman–Crippen MR) is 318 cm³/mol. The lowest BCUT2D eigenvalue weighted by molar-refractivity contribution is -0.274. The molecule has 0 bridgehead atoms. The summed E-state index contributed by atoms with van der Waals surface area (Å²) in [6, 6.07) is 45.6. The van der Waals surface area contributed by atoms with Crippen LogP contribution in [-0.4, -0.2) is 54.6 Å². The number of esters is 1. The lowest BCUT2D eigenvalue weighted by atomic mass is 10.1. The molecule has 0 spiro atoms. The van der Waals surface area contributed by atoms with Crippen LogP contribution in [0.25, 0.3) is 0 Å². The van der Waals surface area contributed by atoms with E-state index in [9.17, 15) is 26.7 Å². The molecule has 0 saturated carbocycles. The maximum atomic E-state index is 12.3. The second kappa shape index (κ2) is 41.5. The quantitative estimate of drug-likeness (QED) is 0.0479. The standard InChI is InChI=1S/C13H19NO2.C8H8F3NO.C8H11N.2C7H8FN.C7H9N.C3H5N3O.C2H2ClN3S.C2H3N3O/c1-13(2,3)16-12(15)11(14)9-10-7-5-4-6-8-10;9-8(10,11)13-7-3-1-2-6(4-7)5-12;1-7-3-2-4-8(5-7)6-9;8-7-3-1-6(5-9)2-4-7;8-7-3-1-2-6(4-7)5-9;8-6-7-4-2-1-3-5-7;1-2-5-6-3(4)7-2;3-1-5-6-2(4)7-1;3-2-5-4-1-6-2/h4-8,11H,9,14H2,1-3H3;1-4H,5,12H2;2-5H,6,9H2,1H3;2*1-4H,5,9H2;1-5H,6,8H2;1H3,(H2,4,6);(H2,4,6);1H,(H2,3,5)/t11-;;;;;;;;/m1......../s1. The molecule has 20 nitrogen and oxygen atoms in total. The van der Waals surface area contributed by atoms with Crippen molar-refractivity contribution in [3.05, 3.63) is 225 Å². The number of carbonyl (C=O) groups excluding carboxylic acids is 1. The Labute approximate surface area is 493 Å². The van der Waals surface area contributed by atoms with E-state index in [2.05, 4.69) is 63.2 Å². The van der Waals surface area contributed by atoms with E-state index in [1.54, 1.807) is 37.3 Å². The number of rotatable bonds is 9. The number of aryl methyl sites for hydroxylation is 2. The van der Waals surface area contributed by atoms with Crippen LogP contribution in [0.4, 0.5) is 39.1 Å². The van der Waals surface area contributed by atoms with Crippen LogP contribution in [0.1, 0.15) is 65.6 Å². The number of nitrogens with two attached hydrogens (primary N) is 9. The molecule has 3 heterocycles. The molecule has 454 valence electrons. The highest BCUT2D eigenvalue weighted by Crippen LogP contribution is 2.23. The van der Waals surface area contributed by atoms with E-state index in [0.717, 1.165) is 28.0 Å². The van der Waals surface area contributed by atoms with Crippen molar-refractivity contribution >= 4 is 46.1 Å². The normalized spacial score (nSPS) is 10.4. The van der Waals surface area contributed by atoms with Crippen molar-refractivity contribution in [2.45, 2.75) is 91.8 Å². The third kappa shape index (κ3) is 38.3. The minimum absolute atomic E-state index is 0.106. The number of ether oxygens (including phenoxy) is 2. The third-order valence-electron chi connectivity index (χ3n) is 9.38. The fraction of sp³-hybridized carbons (Fsp3) is 0.246. The molecular weight excluding hydrogens is 1140 g/mol. The number of carbonyl (C=O) groups is 1. The van der Waals surface area contributed by atoms with Crippen LogP contribution >= 0.6 is 22.9 Å². The average Bonchev–Trinajstić information content (AvgIpc) is 4.35. The van der Waals surface area contributed by atoms with Crippen molar-refractivity contribution in [2.24, 2.45) is 34.4 Å². The van der Waals surface area contributed by atoms with Gasteiger partial charge in [-0.2, -0.15) is 0 Å². The van der Waals surface area contributed by atoms with Gasteiger partial charge in [-0.25, -0.2) is 8.78 Å². The number of alkyl halides is 3. The summed E-state index contributed by atoms with van der Waals surface area (Å²) in [5.41, 5.74) is 54.1. The second-order valence-electron chi connectivity index (χ2n) is 17.6. The molecular formula is C57H73ClF5N15O5S. The van der Waals surface area contributed by atoms with Gasteiger partial charge in [0.05, 0.1) is 0 Å². The van der Waals surface area contributed by atoms with E-state index in [1.165, 1.54) is 65.5 Å². The molecule has 0 aliphatic carbocycles. The number of benzene rings is 6. The molecule has 1 atom stereocenters. The molecule has 3 aromatic heterocycles. The number of hydrogen-bond donors (Lipinski definition) is 9. The molecule has 0 aliphatic heterocycles. The molecule has 84 heavy (non-hydrogen) atoms. The van der Waals surface area contributed by atoms with Crippen LogP contribution < -0.4 is 56.3 Å². The highest BCUT2D eigenvalue weighted by atomic mass is 35.5. The SMILES string of the molecule is CC(C)(C)OC(=O)[C@H](N)Cc1ccccc1.Cc1cccc(CN)c1.Cc1nnc(N)o1.NCc1ccc(F)cc1.NCc1cccc(F)c1.NCc1cccc(OC(F)(F)F)c1.NCc1ccccc1.Nc1nnc(Cl)s1.Nc1nnco1. The van der Waals surface area contributed by atoms with Gasteiger partial charge in [-0.15, -0.1) is 33.6 Å². The Bertz CT molecular complexity index is 2990. The van der Waals surface area contributed by atoms with Gasteiger partial charge >= 0.3 is 24.4 Å². The zero-order valence-electron chi connectivity index (χ0n) is 47.0. The summed E-state index contributed by atoms with van der Waals surface area (Å²) < 4.78 is 78.0. The lowest BCUT2D eigenvalue weighted by Gasteiger charge is -2.22. The first-order valence-electron chi connectivity index (χ1n) is 25.1. The fourth-order valence-electron chi connectivity index (χ4n) is 5.65. The summed E-state index contributed by atoms with van der Waals surface area (Å²) in [7, 11) is 0. The number of aromatic nitrogens is 6. The number of halogens is 6. The van der Waals surface area contributed by atoms with Crippen molar-refractivity contribution in [2.75, 3.05) is 17.2 Å². The van der Waals surface area contributed by atoms with E-state index in [1.807, 2.05) is 93.6 Å². The van der Waals surface area contributed by atoms with E-state index >= 15 is 0 Å². The minimum Gasteiger partial charge on any atom is -0.459 e. The molecule has 0 amide bonds. The van der Waals surface area contributed by atoms with Crippen molar-refractivity contribution in [3.63, 3.8) is 0 Å². The van der Waals surface area contributed by atoms with Crippen molar-refractivity contribution < 1.29 is 45.1 Å². The molecule has 27 heteroatoms. The van der Waals surface area contributed by atoms with Crippen LogP contribution in [-0.2, 0) is 48.7 Å². The Hall–Kier alpha value is -8.47. The second-order valence-corrected chi connectivity index (χ2v) is 19.2. The van der Waals surface area contributed by atoms with Gasteiger partial charge in [-0.05, 0) is 115 Å². The maximum absolute atomic E-state index is 12.3. The third-order valence-corrected chi connectivity index (χ3v) is 10.2. The Morgan fingerprint density at radius 3 is 1.43 bits per heavy atom. The minimum atomic E-state index is -4.65. The highest BCUT2D eigenvalue weighted by Gasteiger charge is 2.31. The van der Waals surface area contributed by atoms with Crippen LogP contribution in [0.3, 0.4) is 0 Å². The van der Waals surface area contributed by atoms with Crippen molar-refractivity contribution in [1.29, 1.82) is 0 Å². The first-order chi connectivity index (χ1) is 39.8. The fourth-order valence-corrected chi connectivity index (χ4v) is 6.26. The first kappa shape index (κ1) is 73.5. The molecule has 0 fully saturated rings. The monoisotopic (exact) mass is 1210 g/mol. The van der Waals surface area contributed by atoms with Crippen LogP contribution in [0.15, 0.2) is 173 Å². The van der Waals surface area contributed by atoms with Gasteiger partial charge in [0.15, 0.2) is 0 Å². The van der Waals surface area contributed by atoms with E-state index < -0.39 is 18.0 Å². The van der Waals surface area contributed by atoms with Gasteiger partial charge in [0.2, 0.25) is 21.9 Å². The van der Waals surface area contributed by atoms with Crippen LogP contribution in [0, 0.1) is 25.5 Å². The molecule has 0 unspecified atom stereocenters. The number of anilines is 3. The summed E-state index contributed by atoms with van der Waals surface area (Å²) in [6.07, 6.45) is -2.96. The lowest BCUT2D eigenvalue weighted by Crippen LogP contribution is -2.38. The Balaban J connectivity index is 0.000000480. The summed E-state index contributed by atoms with van der Waals surface area (Å²) >= 11 is 6.49. The largest absolute Gasteiger partial charge is 0.573 e. The summed E-state index contributed by atoms with van der Waals surface area (Å²) in [5.74, 6) is -0.533. The van der Waals surface area contributed by atoms with E-state index in [0.29, 0.717) is 53.7 Å². The van der Waals surface area contributed by atoms with Gasteiger partial charge in [0, 0.05) is 39.6 Å². The molecule has 9 rings (SSSR count). The summed E-state index contributed by atoms with van der Waals surface area (Å²) in [5, 5.41) is 20.7. The van der Waals surface area contributed by atoms with Gasteiger partial charge in [-0.1, -0.05) is 148 Å². The Kier molecular flexibility index (Phi) is 36.3. The molecule has 0 radical (unpaired) electrons. The highest BCUT2D eigenvalue weighted by molar-refractivity contribution is 7.18. The molecule has 0 saturated heterocycles. The van der Waals surface area contributed by atoms with Crippen molar-refractivity contribution in [1.82, 2.24) is 30.6 Å². The van der Waals surface area contributed by atoms with Gasteiger partial charge in [0.1, 0.15) is 29.0 Å². The maximum Gasteiger partial charge on any atom is 0.573 e. The van der Waals surface area contributed by atoms with E-state index in [-0.39, 0.29) is 41.9 Å². The summed E-state index contributed by atoms with van der Waals surface area (Å²) in [4.78, 5) is 11.6. The van der Waals surface area contributed by atoms with Crippen molar-refractivity contribution in [3.8, 4) is 5.75 Å². The predicted octanol–water partition coefficient (Wildman–Crippen LogP) is 9.50. The Morgan fingerprint density at radius 1 is 0.583 bits per heavy atom. The van der Waals surface area contributed by atoms with Gasteiger partial charge in [-0.3, -0.25) is 4.79 Å². The van der Waals surface area contributed by atoms with Crippen LogP contribution in [0.2, 0.25) is 4.47 Å². The van der Waals surface area contributed by atoms with E-state index in [4.69, 9.17) is 67.9 Å². The zero-order chi connectivity index (χ0) is 62.9. The molecule has 9 aromatic rings. The van der Waals surface area contributed by atoms with Gasteiger partial charge in [0.25, 0.3) is 0 Å².